The Bertz CT molecular complexity index is 686. The fraction of sp³-hybridized carbons (Fsp3) is 0.632. The third-order valence-electron chi connectivity index (χ3n) is 5.72. The van der Waals surface area contributed by atoms with Gasteiger partial charge in [0.1, 0.15) is 5.82 Å². The van der Waals surface area contributed by atoms with Crippen molar-refractivity contribution in [1.82, 2.24) is 20.2 Å². The number of benzene rings is 1. The highest BCUT2D eigenvalue weighted by Gasteiger charge is 2.36. The molecular formula is C19H29FN5+. The molecule has 0 spiro atoms. The predicted octanol–water partition coefficient (Wildman–Crippen LogP) is 2.36. The maximum Gasteiger partial charge on any atom is 0.214 e. The van der Waals surface area contributed by atoms with Gasteiger partial charge >= 0.3 is 0 Å². The van der Waals surface area contributed by atoms with E-state index in [0.29, 0.717) is 0 Å². The maximum atomic E-state index is 13.5. The Kier molecular flexibility index (Phi) is 5.18. The fourth-order valence-electron chi connectivity index (χ4n) is 3.60. The number of aromatic nitrogens is 4. The summed E-state index contributed by atoms with van der Waals surface area (Å²) in [7, 11) is 0. The largest absolute Gasteiger partial charge is 0.322 e. The lowest BCUT2D eigenvalue weighted by Crippen LogP contribution is -3.13. The number of nitrogens with one attached hydrogen (secondary N) is 1. The van der Waals surface area contributed by atoms with Crippen molar-refractivity contribution in [3.63, 3.8) is 0 Å². The Balaban J connectivity index is 2.03. The SMILES string of the molecule is CCC(C)(C)n1nnnc1[C@H](c1ccc(F)cc1)[NH+]1CCC(C)CC1. The van der Waals surface area contributed by atoms with Gasteiger partial charge in [0.2, 0.25) is 5.82 Å². The molecule has 0 radical (unpaired) electrons. The molecule has 0 saturated carbocycles. The molecule has 0 amide bonds. The molecule has 1 aromatic heterocycles. The topological polar surface area (TPSA) is 48.0 Å². The van der Waals surface area contributed by atoms with E-state index < -0.39 is 0 Å². The predicted molar refractivity (Wildman–Crippen MR) is 94.8 cm³/mol. The van der Waals surface area contributed by atoms with Crippen molar-refractivity contribution < 1.29 is 9.29 Å². The van der Waals surface area contributed by atoms with E-state index in [1.807, 2.05) is 16.8 Å². The minimum Gasteiger partial charge on any atom is -0.322 e. The Morgan fingerprint density at radius 1 is 1.24 bits per heavy atom. The van der Waals surface area contributed by atoms with Gasteiger partial charge in [0.05, 0.1) is 18.6 Å². The van der Waals surface area contributed by atoms with Crippen LogP contribution < -0.4 is 4.90 Å². The summed E-state index contributed by atoms with van der Waals surface area (Å²) in [5.41, 5.74) is 0.925. The number of hydrogen-bond donors (Lipinski definition) is 1. The first kappa shape index (κ1) is 18.0. The van der Waals surface area contributed by atoms with Crippen molar-refractivity contribution in [2.24, 2.45) is 5.92 Å². The average molecular weight is 346 g/mol. The van der Waals surface area contributed by atoms with Crippen molar-refractivity contribution in [1.29, 1.82) is 0 Å². The van der Waals surface area contributed by atoms with Crippen LogP contribution in [-0.4, -0.2) is 33.3 Å². The second-order valence-corrected chi connectivity index (χ2v) is 7.94. The zero-order valence-corrected chi connectivity index (χ0v) is 15.7. The molecule has 25 heavy (non-hydrogen) atoms. The lowest BCUT2D eigenvalue weighted by atomic mass is 9.94. The van der Waals surface area contributed by atoms with Crippen LogP contribution in [0.3, 0.4) is 0 Å². The van der Waals surface area contributed by atoms with Gasteiger partial charge in [0, 0.05) is 5.56 Å². The number of hydrogen-bond acceptors (Lipinski definition) is 3. The molecule has 5 nitrogen and oxygen atoms in total. The number of piperidine rings is 1. The van der Waals surface area contributed by atoms with E-state index in [1.54, 1.807) is 0 Å². The number of nitrogens with zero attached hydrogens (tertiary/aromatic N) is 4. The summed E-state index contributed by atoms with van der Waals surface area (Å²) in [6.07, 6.45) is 3.34. The summed E-state index contributed by atoms with van der Waals surface area (Å²) in [5.74, 6) is 1.43. The highest BCUT2D eigenvalue weighted by Crippen LogP contribution is 2.25. The van der Waals surface area contributed by atoms with E-state index in [0.717, 1.165) is 36.8 Å². The van der Waals surface area contributed by atoms with Crippen LogP contribution in [0.25, 0.3) is 0 Å². The van der Waals surface area contributed by atoms with Crippen molar-refractivity contribution in [3.05, 3.63) is 41.5 Å². The van der Waals surface area contributed by atoms with Gasteiger partial charge in [-0.15, -0.1) is 5.10 Å². The Morgan fingerprint density at radius 3 is 2.48 bits per heavy atom. The minimum absolute atomic E-state index is 0.0360. The number of tetrazole rings is 1. The normalized spacial score (nSPS) is 22.8. The summed E-state index contributed by atoms with van der Waals surface area (Å²) in [5, 5.41) is 12.7. The van der Waals surface area contributed by atoms with E-state index in [1.165, 1.54) is 29.9 Å². The van der Waals surface area contributed by atoms with E-state index in [-0.39, 0.29) is 17.4 Å². The van der Waals surface area contributed by atoms with Gasteiger partial charge in [-0.1, -0.05) is 13.8 Å². The molecule has 1 atom stereocenters. The second-order valence-electron chi connectivity index (χ2n) is 7.94. The summed E-state index contributed by atoms with van der Waals surface area (Å²) in [6, 6.07) is 6.86. The zero-order chi connectivity index (χ0) is 18.0. The molecule has 1 fully saturated rings. The molecule has 1 aliphatic rings. The fourth-order valence-corrected chi connectivity index (χ4v) is 3.60. The van der Waals surface area contributed by atoms with Crippen LogP contribution in [0.15, 0.2) is 24.3 Å². The van der Waals surface area contributed by atoms with E-state index in [2.05, 4.69) is 43.2 Å². The van der Waals surface area contributed by atoms with Crippen molar-refractivity contribution in [3.8, 4) is 0 Å². The van der Waals surface area contributed by atoms with Gasteiger partial charge in [-0.3, -0.25) is 0 Å². The Hall–Kier alpha value is -1.82. The molecule has 1 N–H and O–H groups in total. The molecule has 1 aliphatic heterocycles. The molecular weight excluding hydrogens is 317 g/mol. The van der Waals surface area contributed by atoms with Crippen LogP contribution in [0.5, 0.6) is 0 Å². The molecule has 2 heterocycles. The molecule has 6 heteroatoms. The molecule has 136 valence electrons. The molecule has 1 aromatic carbocycles. The van der Waals surface area contributed by atoms with E-state index in [4.69, 9.17) is 0 Å². The molecule has 0 bridgehead atoms. The zero-order valence-electron chi connectivity index (χ0n) is 15.7. The van der Waals surface area contributed by atoms with Crippen LogP contribution in [0, 0.1) is 11.7 Å². The maximum absolute atomic E-state index is 13.5. The number of quaternary nitrogens is 1. The Labute approximate surface area is 149 Å². The van der Waals surface area contributed by atoms with Gasteiger partial charge in [-0.05, 0) is 73.7 Å². The second kappa shape index (κ2) is 7.20. The lowest BCUT2D eigenvalue weighted by molar-refractivity contribution is -0.932. The number of rotatable bonds is 5. The molecule has 0 aliphatic carbocycles. The first-order chi connectivity index (χ1) is 11.9. The van der Waals surface area contributed by atoms with Gasteiger partial charge in [0.25, 0.3) is 0 Å². The summed E-state index contributed by atoms with van der Waals surface area (Å²) >= 11 is 0. The molecule has 2 aromatic rings. The van der Waals surface area contributed by atoms with Gasteiger partial charge in [-0.2, -0.15) is 0 Å². The van der Waals surface area contributed by atoms with Crippen LogP contribution in [0.1, 0.15) is 64.4 Å². The average Bonchev–Trinajstić information content (AvgIpc) is 3.09. The quantitative estimate of drug-likeness (QED) is 0.904. The van der Waals surface area contributed by atoms with Gasteiger partial charge in [-0.25, -0.2) is 9.07 Å². The number of likely N-dealkylation sites (tertiary alicyclic amines) is 1. The first-order valence-electron chi connectivity index (χ1n) is 9.31. The highest BCUT2D eigenvalue weighted by atomic mass is 19.1. The van der Waals surface area contributed by atoms with Crippen LogP contribution in [-0.2, 0) is 5.54 Å². The molecule has 0 unspecified atom stereocenters. The number of halogens is 1. The van der Waals surface area contributed by atoms with Crippen molar-refractivity contribution >= 4 is 0 Å². The molecule has 1 saturated heterocycles. The van der Waals surface area contributed by atoms with Crippen LogP contribution in [0.2, 0.25) is 0 Å². The van der Waals surface area contributed by atoms with Crippen molar-refractivity contribution in [2.45, 2.75) is 58.5 Å². The Morgan fingerprint density at radius 2 is 1.88 bits per heavy atom. The summed E-state index contributed by atoms with van der Waals surface area (Å²) in [4.78, 5) is 1.47. The van der Waals surface area contributed by atoms with Crippen LogP contribution >= 0.6 is 0 Å². The first-order valence-corrected chi connectivity index (χ1v) is 9.31. The van der Waals surface area contributed by atoms with E-state index in [9.17, 15) is 4.39 Å². The molecule has 3 rings (SSSR count). The monoisotopic (exact) mass is 346 g/mol. The lowest BCUT2D eigenvalue weighted by Gasteiger charge is -2.34. The van der Waals surface area contributed by atoms with Crippen LogP contribution in [0.4, 0.5) is 4.39 Å². The third kappa shape index (κ3) is 3.73. The minimum atomic E-state index is -0.210. The van der Waals surface area contributed by atoms with Gasteiger partial charge < -0.3 is 4.90 Å². The van der Waals surface area contributed by atoms with E-state index >= 15 is 0 Å². The standard InChI is InChI=1S/C19H28FN5/c1-5-19(3,4)25-18(21-22-23-25)17(15-6-8-16(20)9-7-15)24-12-10-14(2)11-13-24/h6-9,14,17H,5,10-13H2,1-4H3/p+1/t17-/m0/s1. The van der Waals surface area contributed by atoms with Gasteiger partial charge in [0.15, 0.2) is 6.04 Å². The van der Waals surface area contributed by atoms with Crippen molar-refractivity contribution in [2.75, 3.05) is 13.1 Å². The summed E-state index contributed by atoms with van der Waals surface area (Å²) in [6.45, 7) is 10.9. The summed E-state index contributed by atoms with van der Waals surface area (Å²) < 4.78 is 15.4. The smallest absolute Gasteiger partial charge is 0.214 e. The third-order valence-corrected chi connectivity index (χ3v) is 5.72. The highest BCUT2D eigenvalue weighted by molar-refractivity contribution is 5.23.